The molecule has 1 fully saturated rings. The van der Waals surface area contributed by atoms with Crippen LogP contribution in [0, 0.1) is 0 Å². The molecule has 0 spiro atoms. The Morgan fingerprint density at radius 2 is 1.78 bits per heavy atom. The smallest absolute Gasteiger partial charge is 0.339 e. The van der Waals surface area contributed by atoms with Crippen LogP contribution in [0.4, 0.5) is 0 Å². The van der Waals surface area contributed by atoms with E-state index in [0.29, 0.717) is 11.3 Å². The summed E-state index contributed by atoms with van der Waals surface area (Å²) in [4.78, 5) is 16.6. The van der Waals surface area contributed by atoms with Gasteiger partial charge in [-0.1, -0.05) is 12.1 Å². The first-order valence-electron chi connectivity index (χ1n) is 10.2. The molecule has 0 N–H and O–H groups in total. The molecule has 0 unspecified atom stereocenters. The second-order valence-electron chi connectivity index (χ2n) is 7.70. The Morgan fingerprint density at radius 1 is 1.06 bits per heavy atom. The highest BCUT2D eigenvalue weighted by Crippen LogP contribution is 2.48. The van der Waals surface area contributed by atoms with E-state index in [1.54, 1.807) is 6.07 Å². The Kier molecular flexibility index (Phi) is 4.94. The van der Waals surface area contributed by atoms with Gasteiger partial charge in [-0.15, -0.1) is 0 Å². The molecule has 8 heteroatoms. The maximum atomic E-state index is 13.6. The summed E-state index contributed by atoms with van der Waals surface area (Å²) in [6, 6.07) is 14.6. The Morgan fingerprint density at radius 3 is 2.38 bits per heavy atom. The van der Waals surface area contributed by atoms with E-state index in [4.69, 9.17) is 4.74 Å². The van der Waals surface area contributed by atoms with E-state index >= 15 is 0 Å². The van der Waals surface area contributed by atoms with Crippen molar-refractivity contribution in [2.45, 2.75) is 23.7 Å². The highest BCUT2D eigenvalue weighted by atomic mass is 32.2. The molecule has 0 bridgehead atoms. The molecule has 5 rings (SSSR count). The molecule has 3 heterocycles. The summed E-state index contributed by atoms with van der Waals surface area (Å²) in [6.45, 7) is 0. The van der Waals surface area contributed by atoms with Gasteiger partial charge in [0.25, 0.3) is 10.0 Å². The van der Waals surface area contributed by atoms with Gasteiger partial charge in [0.2, 0.25) is 0 Å². The summed E-state index contributed by atoms with van der Waals surface area (Å²) in [5.41, 5.74) is 3.17. The second kappa shape index (κ2) is 7.80. The number of nitrogens with zero attached hydrogens (tertiary/aromatic N) is 3. The lowest BCUT2D eigenvalue weighted by Gasteiger charge is -2.13. The van der Waals surface area contributed by atoms with Gasteiger partial charge in [-0.25, -0.2) is 17.2 Å². The fourth-order valence-corrected chi connectivity index (χ4v) is 5.30. The molecule has 1 aliphatic rings. The highest BCUT2D eigenvalue weighted by Gasteiger charge is 2.37. The number of hydrogen-bond donors (Lipinski definition) is 0. The van der Waals surface area contributed by atoms with Crippen LogP contribution in [0.15, 0.2) is 84.4 Å². The maximum Gasteiger partial charge on any atom is 0.339 e. The molecule has 32 heavy (non-hydrogen) atoms. The van der Waals surface area contributed by atoms with Gasteiger partial charge in [0.15, 0.2) is 0 Å². The molecule has 0 amide bonds. The molecule has 162 valence electrons. The van der Waals surface area contributed by atoms with Crippen molar-refractivity contribution in [2.24, 2.45) is 0 Å². The summed E-state index contributed by atoms with van der Waals surface area (Å²) in [7, 11) is -2.68. The summed E-state index contributed by atoms with van der Waals surface area (Å²) >= 11 is 0. The lowest BCUT2D eigenvalue weighted by molar-refractivity contribution is 0.0599. The number of hydrogen-bond acceptors (Lipinski definition) is 5. The third kappa shape index (κ3) is 3.42. The standard InChI is InChI=1S/C24H21N3O4S/c1-31-24(28)21-16-27(32(29,30)20-5-4-12-25-15-20)23(22(21)17-6-7-17)18-8-10-19(11-9-18)26-13-2-3-14-26/h2-5,8-17H,6-7H2,1H3. The molecule has 0 radical (unpaired) electrons. The fraction of sp³-hybridized carbons (Fsp3) is 0.167. The zero-order chi connectivity index (χ0) is 22.3. The van der Waals surface area contributed by atoms with Crippen molar-refractivity contribution in [3.05, 3.63) is 90.6 Å². The first kappa shape index (κ1) is 20.3. The number of pyridine rings is 1. The third-order valence-electron chi connectivity index (χ3n) is 5.64. The van der Waals surface area contributed by atoms with Gasteiger partial charge >= 0.3 is 5.97 Å². The largest absolute Gasteiger partial charge is 0.465 e. The van der Waals surface area contributed by atoms with Gasteiger partial charge in [-0.05, 0) is 66.3 Å². The monoisotopic (exact) mass is 447 g/mol. The number of aromatic nitrogens is 3. The Hall–Kier alpha value is -3.65. The minimum absolute atomic E-state index is 0.0546. The number of ether oxygens (including phenoxy) is 1. The van der Waals surface area contributed by atoms with Crippen molar-refractivity contribution in [1.29, 1.82) is 0 Å². The van der Waals surface area contributed by atoms with Crippen LogP contribution >= 0.6 is 0 Å². The van der Waals surface area contributed by atoms with E-state index < -0.39 is 16.0 Å². The molecule has 1 aliphatic carbocycles. The van der Waals surface area contributed by atoms with Crippen LogP contribution in [-0.2, 0) is 14.8 Å². The molecular formula is C24H21N3O4S. The van der Waals surface area contributed by atoms with Crippen LogP contribution in [0.2, 0.25) is 0 Å². The molecule has 1 aromatic carbocycles. The van der Waals surface area contributed by atoms with Gasteiger partial charge in [0.1, 0.15) is 4.90 Å². The number of methoxy groups -OCH3 is 1. The minimum Gasteiger partial charge on any atom is -0.465 e. The number of esters is 1. The Labute approximate surface area is 186 Å². The van der Waals surface area contributed by atoms with E-state index in [1.807, 2.05) is 53.4 Å². The third-order valence-corrected chi connectivity index (χ3v) is 7.28. The van der Waals surface area contributed by atoms with E-state index in [2.05, 4.69) is 4.98 Å². The van der Waals surface area contributed by atoms with Crippen LogP contribution in [0.5, 0.6) is 0 Å². The molecule has 0 saturated heterocycles. The van der Waals surface area contributed by atoms with Crippen LogP contribution in [-0.4, -0.2) is 35.0 Å². The Bertz CT molecular complexity index is 1370. The van der Waals surface area contributed by atoms with Crippen LogP contribution < -0.4 is 0 Å². The number of carbonyl (C=O) groups excluding carboxylic acids is 1. The fourth-order valence-electron chi connectivity index (χ4n) is 3.94. The van der Waals surface area contributed by atoms with Crippen LogP contribution in [0.1, 0.15) is 34.7 Å². The average Bonchev–Trinajstić information content (AvgIpc) is 3.35. The first-order chi connectivity index (χ1) is 15.5. The van der Waals surface area contributed by atoms with Crippen molar-refractivity contribution >= 4 is 16.0 Å². The number of rotatable bonds is 6. The van der Waals surface area contributed by atoms with Gasteiger partial charge < -0.3 is 9.30 Å². The molecule has 1 saturated carbocycles. The topological polar surface area (TPSA) is 83.2 Å². The summed E-state index contributed by atoms with van der Waals surface area (Å²) in [5, 5.41) is 0. The number of benzene rings is 1. The zero-order valence-electron chi connectivity index (χ0n) is 17.4. The summed E-state index contributed by atoms with van der Waals surface area (Å²) in [5.74, 6) is -0.425. The maximum absolute atomic E-state index is 13.6. The quantitative estimate of drug-likeness (QED) is 0.413. The van der Waals surface area contributed by atoms with Gasteiger partial charge in [0.05, 0.1) is 18.4 Å². The van der Waals surface area contributed by atoms with E-state index in [1.165, 1.54) is 35.7 Å². The lowest BCUT2D eigenvalue weighted by atomic mass is 10.0. The minimum atomic E-state index is -3.98. The number of carbonyl (C=O) groups is 1. The average molecular weight is 448 g/mol. The SMILES string of the molecule is COC(=O)c1cn(S(=O)(=O)c2cccnc2)c(-c2ccc(-n3cccc3)cc2)c1C1CC1. The van der Waals surface area contributed by atoms with Gasteiger partial charge in [-0.2, -0.15) is 0 Å². The van der Waals surface area contributed by atoms with Crippen molar-refractivity contribution < 1.29 is 17.9 Å². The zero-order valence-corrected chi connectivity index (χ0v) is 18.2. The molecule has 3 aromatic heterocycles. The van der Waals surface area contributed by atoms with Crippen molar-refractivity contribution in [1.82, 2.24) is 13.5 Å². The molecule has 0 aliphatic heterocycles. The van der Waals surface area contributed by atoms with Crippen LogP contribution in [0.25, 0.3) is 16.9 Å². The lowest BCUT2D eigenvalue weighted by Crippen LogP contribution is -2.14. The summed E-state index contributed by atoms with van der Waals surface area (Å²) < 4.78 is 35.3. The van der Waals surface area contributed by atoms with E-state index in [0.717, 1.165) is 24.1 Å². The highest BCUT2D eigenvalue weighted by molar-refractivity contribution is 7.90. The van der Waals surface area contributed by atoms with Gasteiger partial charge in [-0.3, -0.25) is 4.98 Å². The summed E-state index contributed by atoms with van der Waals surface area (Å²) in [6.07, 6.45) is 9.89. The van der Waals surface area contributed by atoms with E-state index in [9.17, 15) is 13.2 Å². The first-order valence-corrected chi connectivity index (χ1v) is 11.7. The van der Waals surface area contributed by atoms with Crippen molar-refractivity contribution in [3.8, 4) is 16.9 Å². The van der Waals surface area contributed by atoms with E-state index in [-0.39, 0.29) is 16.4 Å². The van der Waals surface area contributed by atoms with Crippen molar-refractivity contribution in [2.75, 3.05) is 7.11 Å². The van der Waals surface area contributed by atoms with Gasteiger partial charge in [0, 0.05) is 36.7 Å². The molecular weight excluding hydrogens is 426 g/mol. The second-order valence-corrected chi connectivity index (χ2v) is 9.51. The van der Waals surface area contributed by atoms with Crippen molar-refractivity contribution in [3.63, 3.8) is 0 Å². The van der Waals surface area contributed by atoms with Crippen LogP contribution in [0.3, 0.4) is 0 Å². The molecule has 7 nitrogen and oxygen atoms in total. The molecule has 4 aromatic rings. The normalized spacial score (nSPS) is 13.8. The Balaban J connectivity index is 1.73. The molecule has 0 atom stereocenters. The predicted octanol–water partition coefficient (Wildman–Crippen LogP) is 4.24. The predicted molar refractivity (Wildman–Crippen MR) is 119 cm³/mol.